The number of anilines is 1. The van der Waals surface area contributed by atoms with Crippen molar-refractivity contribution >= 4 is 46.7 Å². The molecule has 0 spiro atoms. The van der Waals surface area contributed by atoms with Gasteiger partial charge in [-0.1, -0.05) is 26.0 Å². The van der Waals surface area contributed by atoms with Gasteiger partial charge >= 0.3 is 11.9 Å². The number of nitro benzene ring substituents is 1. The maximum atomic E-state index is 12.6. The Hall–Kier alpha value is -2.78. The summed E-state index contributed by atoms with van der Waals surface area (Å²) in [6, 6.07) is 10.6. The van der Waals surface area contributed by atoms with E-state index in [-0.39, 0.29) is 28.7 Å². The van der Waals surface area contributed by atoms with Gasteiger partial charge in [-0.15, -0.1) is 23.4 Å². The molecule has 0 saturated heterocycles. The number of hydrogen-bond acceptors (Lipinski definition) is 7. The molecule has 1 heterocycles. The monoisotopic (exact) mass is 504 g/mol. The molecule has 2 aliphatic rings. The number of benzene rings is 2. The molecule has 0 bridgehead atoms. The summed E-state index contributed by atoms with van der Waals surface area (Å²) in [6.45, 7) is 4.20. The fraction of sp³-hybridized carbons (Fsp3) is 0.417. The number of halogens is 1. The standard InChI is InChI=1S/C24H25ClN2O6S/c1-12(2)11-33-24(30)13-7-8-16-14(9-13)20-15(22(26-16)23(28)29)10-19(21(20)25)34-18-6-4-3-5-17(18)27(31)32/h3-9,12,15,19-22,26H,10-11H2,1-2H3,(H,28,29). The lowest BCUT2D eigenvalue weighted by molar-refractivity contribution is -0.387. The van der Waals surface area contributed by atoms with Crippen LogP contribution in [0.2, 0.25) is 0 Å². The number of alkyl halides is 1. The SMILES string of the molecule is CC(C)COC(=O)c1ccc2c(c1)C1C(Cl)C(Sc3ccccc3[N+](=O)[O-])CC1C(C(=O)O)N2. The second-order valence-electron chi connectivity index (χ2n) is 9.01. The Bertz CT molecular complexity index is 1130. The van der Waals surface area contributed by atoms with Gasteiger partial charge in [0.1, 0.15) is 6.04 Å². The highest BCUT2D eigenvalue weighted by Gasteiger charge is 2.52. The van der Waals surface area contributed by atoms with Crippen LogP contribution in [0.25, 0.3) is 0 Å². The molecule has 0 amide bonds. The Morgan fingerprint density at radius 1 is 1.29 bits per heavy atom. The van der Waals surface area contributed by atoms with Crippen LogP contribution in [0.4, 0.5) is 11.4 Å². The quantitative estimate of drug-likeness (QED) is 0.230. The Kier molecular flexibility index (Phi) is 7.04. The number of nitrogens with zero attached hydrogens (tertiary/aromatic N) is 1. The van der Waals surface area contributed by atoms with Crippen LogP contribution in [0.15, 0.2) is 47.4 Å². The van der Waals surface area contributed by atoms with Gasteiger partial charge in [-0.25, -0.2) is 9.59 Å². The number of fused-ring (bicyclic) bond motifs is 3. The number of nitro groups is 1. The molecule has 2 aromatic carbocycles. The normalized spacial score (nSPS) is 25.2. The largest absolute Gasteiger partial charge is 0.480 e. The molecule has 5 unspecified atom stereocenters. The first kappa shape index (κ1) is 24.3. The minimum atomic E-state index is -0.985. The number of thioether (sulfide) groups is 1. The number of esters is 1. The van der Waals surface area contributed by atoms with E-state index in [1.165, 1.54) is 17.8 Å². The molecule has 1 saturated carbocycles. The lowest BCUT2D eigenvalue weighted by Gasteiger charge is -2.36. The topological polar surface area (TPSA) is 119 Å². The first-order valence-electron chi connectivity index (χ1n) is 11.0. The zero-order valence-electron chi connectivity index (χ0n) is 18.6. The number of carboxylic acid groups (broad SMARTS) is 1. The molecule has 4 rings (SSSR count). The van der Waals surface area contributed by atoms with Crippen molar-refractivity contribution in [2.24, 2.45) is 11.8 Å². The molecule has 2 N–H and O–H groups in total. The van der Waals surface area contributed by atoms with Crippen molar-refractivity contribution in [2.45, 2.75) is 47.8 Å². The lowest BCUT2D eigenvalue weighted by Crippen LogP contribution is -2.42. The van der Waals surface area contributed by atoms with Crippen LogP contribution in [-0.2, 0) is 9.53 Å². The van der Waals surface area contributed by atoms with E-state index < -0.39 is 28.3 Å². The van der Waals surface area contributed by atoms with Crippen LogP contribution in [0.1, 0.15) is 42.1 Å². The first-order valence-corrected chi connectivity index (χ1v) is 12.3. The summed E-state index contributed by atoms with van der Waals surface area (Å²) < 4.78 is 5.36. The van der Waals surface area contributed by atoms with E-state index in [4.69, 9.17) is 16.3 Å². The molecule has 5 atom stereocenters. The van der Waals surface area contributed by atoms with Crippen molar-refractivity contribution in [2.75, 3.05) is 11.9 Å². The summed E-state index contributed by atoms with van der Waals surface area (Å²) >= 11 is 8.24. The van der Waals surface area contributed by atoms with Crippen molar-refractivity contribution in [1.29, 1.82) is 0 Å². The smallest absolute Gasteiger partial charge is 0.338 e. The number of aliphatic carboxylic acids is 1. The van der Waals surface area contributed by atoms with Gasteiger partial charge in [0, 0.05) is 22.9 Å². The van der Waals surface area contributed by atoms with E-state index in [0.717, 1.165) is 5.56 Å². The summed E-state index contributed by atoms with van der Waals surface area (Å²) in [5.41, 5.74) is 1.77. The third kappa shape index (κ3) is 4.72. The molecule has 34 heavy (non-hydrogen) atoms. The Balaban J connectivity index is 1.66. The summed E-state index contributed by atoms with van der Waals surface area (Å²) in [7, 11) is 0. The average molecular weight is 505 g/mol. The molecule has 2 aromatic rings. The molecular formula is C24H25ClN2O6S. The molecule has 0 aromatic heterocycles. The predicted molar refractivity (Wildman–Crippen MR) is 130 cm³/mol. The van der Waals surface area contributed by atoms with Crippen molar-refractivity contribution in [3.05, 3.63) is 63.7 Å². The van der Waals surface area contributed by atoms with E-state index in [1.54, 1.807) is 36.4 Å². The summed E-state index contributed by atoms with van der Waals surface area (Å²) in [5, 5.41) is 23.7. The maximum absolute atomic E-state index is 12.6. The highest BCUT2D eigenvalue weighted by Crippen LogP contribution is 2.55. The van der Waals surface area contributed by atoms with Crippen LogP contribution in [0.3, 0.4) is 0 Å². The number of nitrogens with one attached hydrogen (secondary N) is 1. The number of carbonyl (C=O) groups is 2. The van der Waals surface area contributed by atoms with E-state index in [2.05, 4.69) is 5.32 Å². The number of carbonyl (C=O) groups excluding carboxylic acids is 1. The van der Waals surface area contributed by atoms with Gasteiger partial charge in [-0.3, -0.25) is 10.1 Å². The van der Waals surface area contributed by atoms with Crippen molar-refractivity contribution in [3.63, 3.8) is 0 Å². The number of rotatable bonds is 7. The number of ether oxygens (including phenoxy) is 1. The second kappa shape index (κ2) is 9.84. The van der Waals surface area contributed by atoms with Gasteiger partial charge in [0.15, 0.2) is 0 Å². The second-order valence-corrected chi connectivity index (χ2v) is 10.8. The zero-order chi connectivity index (χ0) is 24.6. The minimum absolute atomic E-state index is 0.00488. The Morgan fingerprint density at radius 3 is 2.71 bits per heavy atom. The third-order valence-electron chi connectivity index (χ3n) is 6.20. The first-order chi connectivity index (χ1) is 16.2. The van der Waals surface area contributed by atoms with Gasteiger partial charge in [0.2, 0.25) is 0 Å². The fourth-order valence-electron chi connectivity index (χ4n) is 4.68. The zero-order valence-corrected chi connectivity index (χ0v) is 20.2. The van der Waals surface area contributed by atoms with E-state index in [9.17, 15) is 24.8 Å². The van der Waals surface area contributed by atoms with Crippen molar-refractivity contribution in [1.82, 2.24) is 0 Å². The Morgan fingerprint density at radius 2 is 2.03 bits per heavy atom. The number of para-hydroxylation sites is 1. The third-order valence-corrected chi connectivity index (χ3v) is 8.32. The van der Waals surface area contributed by atoms with E-state index >= 15 is 0 Å². The summed E-state index contributed by atoms with van der Waals surface area (Å²) in [4.78, 5) is 36.1. The maximum Gasteiger partial charge on any atom is 0.338 e. The fourth-order valence-corrected chi connectivity index (χ4v) is 6.63. The molecular weight excluding hydrogens is 480 g/mol. The van der Waals surface area contributed by atoms with Crippen LogP contribution in [0, 0.1) is 22.0 Å². The molecule has 1 aliphatic heterocycles. The summed E-state index contributed by atoms with van der Waals surface area (Å²) in [6.07, 6.45) is 0.459. The molecule has 0 radical (unpaired) electrons. The molecule has 1 aliphatic carbocycles. The van der Waals surface area contributed by atoms with Crippen molar-refractivity contribution in [3.8, 4) is 0 Å². The number of hydrogen-bond donors (Lipinski definition) is 2. The highest BCUT2D eigenvalue weighted by molar-refractivity contribution is 8.00. The lowest BCUT2D eigenvalue weighted by atomic mass is 9.79. The molecule has 8 nitrogen and oxygen atoms in total. The van der Waals surface area contributed by atoms with Gasteiger partial charge in [0.05, 0.1) is 27.4 Å². The minimum Gasteiger partial charge on any atom is -0.480 e. The van der Waals surface area contributed by atoms with Crippen LogP contribution in [0.5, 0.6) is 0 Å². The predicted octanol–water partition coefficient (Wildman–Crippen LogP) is 5.16. The van der Waals surface area contributed by atoms with Gasteiger partial charge in [-0.05, 0) is 48.1 Å². The van der Waals surface area contributed by atoms with E-state index in [0.29, 0.717) is 29.2 Å². The molecule has 10 heteroatoms. The van der Waals surface area contributed by atoms with E-state index in [1.807, 2.05) is 13.8 Å². The summed E-state index contributed by atoms with van der Waals surface area (Å²) in [5.74, 6) is -1.90. The average Bonchev–Trinajstić information content (AvgIpc) is 3.12. The highest BCUT2D eigenvalue weighted by atomic mass is 35.5. The van der Waals surface area contributed by atoms with Crippen molar-refractivity contribution < 1.29 is 24.4 Å². The van der Waals surface area contributed by atoms with Crippen LogP contribution < -0.4 is 5.32 Å². The van der Waals surface area contributed by atoms with Crippen LogP contribution in [-0.4, -0.2) is 45.2 Å². The van der Waals surface area contributed by atoms with Gasteiger partial charge in [-0.2, -0.15) is 0 Å². The Labute approximate surface area is 206 Å². The molecule has 1 fully saturated rings. The van der Waals surface area contributed by atoms with Crippen LogP contribution >= 0.6 is 23.4 Å². The number of carboxylic acids is 1. The van der Waals surface area contributed by atoms with Gasteiger partial charge in [0.25, 0.3) is 5.69 Å². The van der Waals surface area contributed by atoms with Gasteiger partial charge < -0.3 is 15.2 Å². The molecule has 180 valence electrons.